The molecule has 1 aliphatic rings. The minimum atomic E-state index is -1.40. The molecule has 0 aliphatic carbocycles. The molecule has 15 nitrogen and oxygen atoms in total. The fraction of sp³-hybridized carbons (Fsp3) is 0.375. The summed E-state index contributed by atoms with van der Waals surface area (Å²) in [6, 6.07) is 4.32. The Balaban J connectivity index is 2.24. The van der Waals surface area contributed by atoms with Crippen LogP contribution in [-0.2, 0) is 35.3 Å². The average molecular weight is 545 g/mol. The minimum Gasteiger partial charge on any atom is -0.481 e. The van der Waals surface area contributed by atoms with Crippen molar-refractivity contribution in [3.05, 3.63) is 41.5 Å². The van der Waals surface area contributed by atoms with Gasteiger partial charge in [0.05, 0.1) is 19.5 Å². The van der Waals surface area contributed by atoms with Crippen molar-refractivity contribution in [3.8, 4) is 0 Å². The van der Waals surface area contributed by atoms with Gasteiger partial charge in [-0.1, -0.05) is 18.2 Å². The minimum absolute atomic E-state index is 0.0249. The number of nitrogens with zero attached hydrogens (tertiary/aromatic N) is 1. The molecule has 0 spiro atoms. The van der Waals surface area contributed by atoms with E-state index < -0.39 is 67.1 Å². The smallest absolute Gasteiger partial charge is 0.305 e. The molecule has 10 N–H and O–H groups in total. The molecule has 15 heteroatoms. The predicted octanol–water partition coefficient (Wildman–Crippen LogP) is -2.94. The Bertz CT molecular complexity index is 1150. The highest BCUT2D eigenvalue weighted by Gasteiger charge is 2.25. The molecule has 0 aromatic heterocycles. The van der Waals surface area contributed by atoms with Crippen molar-refractivity contribution in [1.29, 1.82) is 0 Å². The van der Waals surface area contributed by atoms with E-state index in [0.29, 0.717) is 17.5 Å². The molecule has 2 bridgehead atoms. The van der Waals surface area contributed by atoms with Crippen molar-refractivity contribution >= 4 is 47.5 Å². The lowest BCUT2D eigenvalue weighted by molar-refractivity contribution is -0.140. The number of fused-ring (bicyclic) bond motifs is 2. The average Bonchev–Trinajstić information content (AvgIpc) is 2.88. The molecule has 210 valence electrons. The van der Waals surface area contributed by atoms with Crippen LogP contribution in [0.5, 0.6) is 0 Å². The first kappa shape index (κ1) is 30.3. The summed E-state index contributed by atoms with van der Waals surface area (Å²) in [4.78, 5) is 77.5. The van der Waals surface area contributed by atoms with Crippen molar-refractivity contribution < 1.29 is 33.9 Å². The number of carboxylic acid groups (broad SMARTS) is 1. The van der Waals surface area contributed by atoms with Crippen LogP contribution < -0.4 is 38.1 Å². The molecule has 2 atom stereocenters. The molecule has 1 aromatic rings. The van der Waals surface area contributed by atoms with Crippen LogP contribution in [0.2, 0.25) is 0 Å². The van der Waals surface area contributed by atoms with Crippen LogP contribution in [0, 0.1) is 0 Å². The molecule has 1 heterocycles. The fourth-order valence-electron chi connectivity index (χ4n) is 3.45. The number of guanidine groups is 1. The number of carbonyl (C=O) groups excluding carboxylic acids is 5. The van der Waals surface area contributed by atoms with E-state index in [9.17, 15) is 33.9 Å². The number of nitrogens with two attached hydrogens (primary N) is 2. The van der Waals surface area contributed by atoms with E-state index >= 15 is 0 Å². The lowest BCUT2D eigenvalue weighted by atomic mass is 10.1. The molecule has 0 radical (unpaired) electrons. The lowest BCUT2D eigenvalue weighted by Gasteiger charge is -2.20. The summed E-state index contributed by atoms with van der Waals surface area (Å²) in [6.45, 7) is -0.801. The molecule has 39 heavy (non-hydrogen) atoms. The number of hydrogen-bond donors (Lipinski definition) is 8. The molecule has 1 aromatic carbocycles. The largest absolute Gasteiger partial charge is 0.481 e. The number of amides is 5. The molecule has 5 amide bonds. The Morgan fingerprint density at radius 1 is 0.897 bits per heavy atom. The molecule has 0 saturated carbocycles. The van der Waals surface area contributed by atoms with Crippen LogP contribution in [0.25, 0.3) is 6.08 Å². The molecule has 0 unspecified atom stereocenters. The van der Waals surface area contributed by atoms with E-state index in [1.807, 2.05) is 0 Å². The van der Waals surface area contributed by atoms with Crippen molar-refractivity contribution in [3.63, 3.8) is 0 Å². The molecule has 0 fully saturated rings. The van der Waals surface area contributed by atoms with Crippen LogP contribution in [0.1, 0.15) is 30.4 Å². The number of rotatable bonds is 6. The van der Waals surface area contributed by atoms with E-state index in [1.165, 1.54) is 12.2 Å². The van der Waals surface area contributed by atoms with Gasteiger partial charge in [0.2, 0.25) is 29.5 Å². The van der Waals surface area contributed by atoms with Crippen LogP contribution in [0.3, 0.4) is 0 Å². The highest BCUT2D eigenvalue weighted by atomic mass is 16.4. The number of benzene rings is 1. The first-order valence-corrected chi connectivity index (χ1v) is 12.0. The molecular weight excluding hydrogens is 512 g/mol. The third kappa shape index (κ3) is 11.8. The molecule has 0 saturated heterocycles. The topological polar surface area (TPSA) is 247 Å². The van der Waals surface area contributed by atoms with Crippen molar-refractivity contribution in [2.24, 2.45) is 16.5 Å². The standard InChI is InChI=1S/C24H32N8O7/c25-24(26)27-8-2-5-16-22(38)30-13-20(35)32-17(10-21(36)37)23(39)29-11-15-4-1-3-14(9-15)6-7-18(33)28-12-19(34)31-16/h1,3-4,6-7,9,16-17H,2,5,8,10-13H2,(H,28,33)(H,29,39)(H,30,38)(H,31,34)(H,32,35)(H,36,37)(H4,25,26,27)/b7-6+/t16-,17-/m0/s1. The Hall–Kier alpha value is -4.95. The van der Waals surface area contributed by atoms with Crippen LogP contribution in [-0.4, -0.2) is 78.3 Å². The van der Waals surface area contributed by atoms with Gasteiger partial charge in [0.25, 0.3) is 0 Å². The fourth-order valence-corrected chi connectivity index (χ4v) is 3.45. The predicted molar refractivity (Wildman–Crippen MR) is 139 cm³/mol. The molecule has 1 aliphatic heterocycles. The zero-order valence-corrected chi connectivity index (χ0v) is 21.1. The second-order valence-corrected chi connectivity index (χ2v) is 8.52. The maximum atomic E-state index is 12.7. The van der Waals surface area contributed by atoms with Gasteiger partial charge >= 0.3 is 5.97 Å². The summed E-state index contributed by atoms with van der Waals surface area (Å²) in [5.41, 5.74) is 11.9. The third-order valence-corrected chi connectivity index (χ3v) is 5.32. The Kier molecular flexibility index (Phi) is 11.9. The number of aliphatic imine (C=N–C) groups is 1. The third-order valence-electron chi connectivity index (χ3n) is 5.32. The van der Waals surface area contributed by atoms with Gasteiger partial charge in [-0.2, -0.15) is 0 Å². The van der Waals surface area contributed by atoms with Crippen LogP contribution >= 0.6 is 0 Å². The summed E-state index contributed by atoms with van der Waals surface area (Å²) in [5, 5.41) is 21.3. The first-order valence-electron chi connectivity index (χ1n) is 12.0. The normalized spacial score (nSPS) is 20.3. The quantitative estimate of drug-likeness (QED) is 0.103. The van der Waals surface area contributed by atoms with Gasteiger partial charge in [0.1, 0.15) is 12.1 Å². The van der Waals surface area contributed by atoms with Crippen molar-refractivity contribution in [2.45, 2.75) is 37.9 Å². The zero-order chi connectivity index (χ0) is 28.8. The van der Waals surface area contributed by atoms with Gasteiger partial charge in [-0.15, -0.1) is 0 Å². The van der Waals surface area contributed by atoms with Crippen molar-refractivity contribution in [1.82, 2.24) is 26.6 Å². The Labute approximate surface area is 223 Å². The molecule has 2 rings (SSSR count). The first-order chi connectivity index (χ1) is 18.5. The number of hydrogen-bond acceptors (Lipinski definition) is 7. The van der Waals surface area contributed by atoms with Gasteiger partial charge in [-0.05, 0) is 36.1 Å². The summed E-state index contributed by atoms with van der Waals surface area (Å²) < 4.78 is 0. The van der Waals surface area contributed by atoms with Crippen LogP contribution in [0.15, 0.2) is 35.3 Å². The van der Waals surface area contributed by atoms with Gasteiger partial charge in [0.15, 0.2) is 5.96 Å². The van der Waals surface area contributed by atoms with Crippen LogP contribution in [0.4, 0.5) is 0 Å². The highest BCUT2D eigenvalue weighted by molar-refractivity contribution is 5.96. The number of nitrogens with one attached hydrogen (secondary N) is 5. The van der Waals surface area contributed by atoms with E-state index in [1.54, 1.807) is 24.3 Å². The van der Waals surface area contributed by atoms with E-state index in [4.69, 9.17) is 11.5 Å². The summed E-state index contributed by atoms with van der Waals surface area (Å²) in [5.74, 6) is -4.94. The zero-order valence-electron chi connectivity index (χ0n) is 21.1. The highest BCUT2D eigenvalue weighted by Crippen LogP contribution is 2.08. The maximum Gasteiger partial charge on any atom is 0.305 e. The monoisotopic (exact) mass is 544 g/mol. The van der Waals surface area contributed by atoms with Gasteiger partial charge in [-0.25, -0.2) is 0 Å². The summed E-state index contributed by atoms with van der Waals surface area (Å²) >= 11 is 0. The van der Waals surface area contributed by atoms with Gasteiger partial charge < -0.3 is 43.2 Å². The van der Waals surface area contributed by atoms with Gasteiger partial charge in [0, 0.05) is 19.2 Å². The maximum absolute atomic E-state index is 12.7. The SMILES string of the molecule is NC(N)=NCCC[C@@H]1NC(=O)CNC(=O)/C=C/c2cccc(c2)CNC(=O)[C@H](CC(=O)O)NC(=O)CNC1=O. The van der Waals surface area contributed by atoms with E-state index in [2.05, 4.69) is 31.6 Å². The second kappa shape index (κ2) is 15.3. The molecular formula is C24H32N8O7. The Morgan fingerprint density at radius 3 is 2.23 bits per heavy atom. The van der Waals surface area contributed by atoms with E-state index in [-0.39, 0.29) is 25.5 Å². The number of carboxylic acids is 1. The summed E-state index contributed by atoms with van der Waals surface area (Å²) in [6.07, 6.45) is 2.44. The Morgan fingerprint density at radius 2 is 1.54 bits per heavy atom. The lowest BCUT2D eigenvalue weighted by Crippen LogP contribution is -2.53. The van der Waals surface area contributed by atoms with E-state index in [0.717, 1.165) is 0 Å². The second-order valence-electron chi connectivity index (χ2n) is 8.52. The number of carbonyl (C=O) groups is 6. The number of aliphatic carboxylic acids is 1. The van der Waals surface area contributed by atoms with Gasteiger partial charge in [-0.3, -0.25) is 33.8 Å². The van der Waals surface area contributed by atoms with Crippen molar-refractivity contribution in [2.75, 3.05) is 19.6 Å². The summed E-state index contributed by atoms with van der Waals surface area (Å²) in [7, 11) is 0.